The fraction of sp³-hybridized carbons (Fsp3) is 0.333. The van der Waals surface area contributed by atoms with E-state index in [1.807, 2.05) is 24.3 Å². The number of carbonyl (C=O) groups excluding carboxylic acids is 3. The van der Waals surface area contributed by atoms with Gasteiger partial charge >= 0.3 is 0 Å². The van der Waals surface area contributed by atoms with Crippen molar-refractivity contribution in [2.45, 2.75) is 18.9 Å². The van der Waals surface area contributed by atoms with Crippen LogP contribution in [0.25, 0.3) is 0 Å². The molecule has 6 nitrogen and oxygen atoms in total. The number of allylic oxidation sites excluding steroid dienone is 2. The number of nitrogens with one attached hydrogen (secondary N) is 1. The first kappa shape index (κ1) is 18.7. The topological polar surface area (TPSA) is 79.4 Å². The molecule has 0 radical (unpaired) electrons. The lowest BCUT2D eigenvalue weighted by atomic mass is 9.85. The summed E-state index contributed by atoms with van der Waals surface area (Å²) in [4.78, 5) is 44.7. The Bertz CT molecular complexity index is 975. The molecule has 2 aliphatic carbocycles. The molecular formula is C21H18BrN3O3S. The molecule has 2 fully saturated rings. The second kappa shape index (κ2) is 7.18. The van der Waals surface area contributed by atoms with Crippen molar-refractivity contribution in [2.75, 3.05) is 5.32 Å². The Morgan fingerprint density at radius 1 is 1.17 bits per heavy atom. The predicted molar refractivity (Wildman–Crippen MR) is 112 cm³/mol. The van der Waals surface area contributed by atoms with E-state index in [0.717, 1.165) is 16.5 Å². The van der Waals surface area contributed by atoms with Crippen LogP contribution in [-0.4, -0.2) is 27.6 Å². The fourth-order valence-electron chi connectivity index (χ4n) is 4.91. The number of halogens is 1. The molecule has 0 spiro atoms. The number of imide groups is 1. The minimum atomic E-state index is -0.631. The zero-order valence-corrected chi connectivity index (χ0v) is 17.7. The Kier molecular flexibility index (Phi) is 4.63. The van der Waals surface area contributed by atoms with Crippen molar-refractivity contribution in [3.8, 4) is 0 Å². The van der Waals surface area contributed by atoms with Gasteiger partial charge in [0.2, 0.25) is 17.7 Å². The molecule has 1 saturated carbocycles. The van der Waals surface area contributed by atoms with Gasteiger partial charge < -0.3 is 5.32 Å². The number of hydrogen-bond acceptors (Lipinski definition) is 5. The van der Waals surface area contributed by atoms with Gasteiger partial charge in [-0.25, -0.2) is 4.98 Å². The summed E-state index contributed by atoms with van der Waals surface area (Å²) in [5, 5.41) is 5.04. The highest BCUT2D eigenvalue weighted by Gasteiger charge is 2.60. The van der Waals surface area contributed by atoms with Crippen molar-refractivity contribution >= 4 is 50.1 Å². The molecule has 5 atom stereocenters. The number of amides is 3. The van der Waals surface area contributed by atoms with Gasteiger partial charge in [0.15, 0.2) is 5.13 Å². The van der Waals surface area contributed by atoms with E-state index in [1.165, 1.54) is 16.2 Å². The second-order valence-corrected chi connectivity index (χ2v) is 9.51. The van der Waals surface area contributed by atoms with Gasteiger partial charge in [-0.3, -0.25) is 19.3 Å². The summed E-state index contributed by atoms with van der Waals surface area (Å²) < 4.78 is 0.894. The van der Waals surface area contributed by atoms with Gasteiger partial charge in [0.1, 0.15) is 0 Å². The number of anilines is 1. The second-order valence-electron chi connectivity index (χ2n) is 7.70. The normalized spacial score (nSPS) is 28.1. The quantitative estimate of drug-likeness (QED) is 0.531. The summed E-state index contributed by atoms with van der Waals surface area (Å²) in [5.74, 6) is -0.845. The highest BCUT2D eigenvalue weighted by molar-refractivity contribution is 9.10. The molecule has 1 saturated heterocycles. The molecule has 1 aliphatic heterocycles. The Labute approximate surface area is 180 Å². The Morgan fingerprint density at radius 2 is 1.83 bits per heavy atom. The maximum atomic E-state index is 13.3. The number of likely N-dealkylation sites (tertiary alicyclic amines) is 1. The lowest BCUT2D eigenvalue weighted by Gasteiger charge is -2.28. The van der Waals surface area contributed by atoms with Crippen LogP contribution in [0, 0.1) is 23.7 Å². The van der Waals surface area contributed by atoms with E-state index in [0.29, 0.717) is 5.13 Å². The van der Waals surface area contributed by atoms with Crippen molar-refractivity contribution in [3.05, 3.63) is 58.0 Å². The lowest BCUT2D eigenvalue weighted by Crippen LogP contribution is -2.38. The van der Waals surface area contributed by atoms with E-state index >= 15 is 0 Å². The third-order valence-electron chi connectivity index (χ3n) is 6.13. The molecule has 2 aromatic rings. The van der Waals surface area contributed by atoms with Gasteiger partial charge in [0.25, 0.3) is 0 Å². The van der Waals surface area contributed by atoms with Crippen LogP contribution in [0.3, 0.4) is 0 Å². The number of rotatable bonds is 5. The minimum absolute atomic E-state index is 0.000887. The van der Waals surface area contributed by atoms with Crippen LogP contribution in [0.1, 0.15) is 24.4 Å². The number of fused-ring (bicyclic) bond motifs is 5. The highest BCUT2D eigenvalue weighted by atomic mass is 79.9. The van der Waals surface area contributed by atoms with E-state index in [4.69, 9.17) is 0 Å². The van der Waals surface area contributed by atoms with E-state index in [-0.39, 0.29) is 47.8 Å². The Balaban J connectivity index is 1.45. The fourth-order valence-corrected chi connectivity index (χ4v) is 5.72. The van der Waals surface area contributed by atoms with Crippen LogP contribution in [0.15, 0.2) is 52.5 Å². The van der Waals surface area contributed by atoms with Crippen LogP contribution in [0.2, 0.25) is 0 Å². The van der Waals surface area contributed by atoms with Gasteiger partial charge in [-0.2, -0.15) is 0 Å². The molecule has 8 heteroatoms. The van der Waals surface area contributed by atoms with E-state index in [9.17, 15) is 14.4 Å². The molecule has 148 valence electrons. The average Bonchev–Trinajstić information content (AvgIpc) is 3.47. The van der Waals surface area contributed by atoms with E-state index in [1.54, 1.807) is 11.6 Å². The SMILES string of the molecule is O=C(CC(c1ccc(Br)cc1)N1C(=O)C2C3C=CC(C3)C2C1=O)Nc1nccs1. The molecule has 5 unspecified atom stereocenters. The standard InChI is InChI=1S/C21H18BrN3O3S/c22-14-5-3-11(4-6-14)15(10-16(26)24-21-23-7-8-29-21)25-19(27)17-12-1-2-13(9-12)18(17)20(25)28/h1-8,12-13,15,17-18H,9-10H2,(H,23,24,26). The minimum Gasteiger partial charge on any atom is -0.302 e. The summed E-state index contributed by atoms with van der Waals surface area (Å²) in [6, 6.07) is 6.80. The van der Waals surface area contributed by atoms with Crippen molar-refractivity contribution in [3.63, 3.8) is 0 Å². The van der Waals surface area contributed by atoms with Gasteiger partial charge in [-0.05, 0) is 36.0 Å². The van der Waals surface area contributed by atoms with Crippen LogP contribution in [0.4, 0.5) is 5.13 Å². The molecule has 5 rings (SSSR count). The Morgan fingerprint density at radius 3 is 2.41 bits per heavy atom. The van der Waals surface area contributed by atoms with E-state index in [2.05, 4.69) is 38.4 Å². The molecule has 1 aromatic carbocycles. The molecule has 29 heavy (non-hydrogen) atoms. The molecule has 2 heterocycles. The van der Waals surface area contributed by atoms with Gasteiger partial charge in [0, 0.05) is 16.0 Å². The summed E-state index contributed by atoms with van der Waals surface area (Å²) >= 11 is 4.74. The van der Waals surface area contributed by atoms with Crippen molar-refractivity contribution in [2.24, 2.45) is 23.7 Å². The molecule has 3 aliphatic rings. The number of carbonyl (C=O) groups is 3. The number of benzene rings is 1. The molecule has 1 aromatic heterocycles. The number of hydrogen-bond donors (Lipinski definition) is 1. The lowest BCUT2D eigenvalue weighted by molar-refractivity contribution is -0.144. The van der Waals surface area contributed by atoms with Crippen LogP contribution >= 0.6 is 27.3 Å². The third kappa shape index (κ3) is 3.14. The summed E-state index contributed by atoms with van der Waals surface area (Å²) in [6.07, 6.45) is 6.65. The van der Waals surface area contributed by atoms with E-state index < -0.39 is 6.04 Å². The molecule has 3 amide bonds. The van der Waals surface area contributed by atoms with Gasteiger partial charge in [-0.1, -0.05) is 40.2 Å². The van der Waals surface area contributed by atoms with Crippen molar-refractivity contribution in [1.29, 1.82) is 0 Å². The monoisotopic (exact) mass is 471 g/mol. The zero-order valence-electron chi connectivity index (χ0n) is 15.3. The van der Waals surface area contributed by atoms with Crippen LogP contribution in [-0.2, 0) is 14.4 Å². The first-order valence-corrected chi connectivity index (χ1v) is 11.2. The predicted octanol–water partition coefficient (Wildman–Crippen LogP) is 3.78. The average molecular weight is 472 g/mol. The van der Waals surface area contributed by atoms with Crippen LogP contribution in [0.5, 0.6) is 0 Å². The smallest absolute Gasteiger partial charge is 0.234 e. The number of nitrogens with zero attached hydrogens (tertiary/aromatic N) is 2. The van der Waals surface area contributed by atoms with Crippen LogP contribution < -0.4 is 5.32 Å². The summed E-state index contributed by atoms with van der Waals surface area (Å²) in [5.41, 5.74) is 0.768. The maximum Gasteiger partial charge on any atom is 0.234 e. The highest BCUT2D eigenvalue weighted by Crippen LogP contribution is 2.54. The third-order valence-corrected chi connectivity index (χ3v) is 7.35. The number of aromatic nitrogens is 1. The zero-order chi connectivity index (χ0) is 20.1. The molecular weight excluding hydrogens is 454 g/mol. The first-order valence-electron chi connectivity index (χ1n) is 9.53. The summed E-state index contributed by atoms with van der Waals surface area (Å²) in [6.45, 7) is 0. The van der Waals surface area contributed by atoms with Crippen molar-refractivity contribution < 1.29 is 14.4 Å². The summed E-state index contributed by atoms with van der Waals surface area (Å²) in [7, 11) is 0. The first-order chi connectivity index (χ1) is 14.0. The molecule has 1 N–H and O–H groups in total. The van der Waals surface area contributed by atoms with Gasteiger partial charge in [-0.15, -0.1) is 11.3 Å². The number of thiazole rings is 1. The van der Waals surface area contributed by atoms with Crippen molar-refractivity contribution in [1.82, 2.24) is 9.88 Å². The molecule has 2 bridgehead atoms. The maximum absolute atomic E-state index is 13.3. The Hall–Kier alpha value is -2.32. The van der Waals surface area contributed by atoms with Gasteiger partial charge in [0.05, 0.1) is 24.3 Å². The largest absolute Gasteiger partial charge is 0.302 e.